The van der Waals surface area contributed by atoms with E-state index in [2.05, 4.69) is 17.9 Å². The summed E-state index contributed by atoms with van der Waals surface area (Å²) < 4.78 is 0. The average Bonchev–Trinajstić information content (AvgIpc) is 2.53. The third-order valence-electron chi connectivity index (χ3n) is 5.35. The zero-order valence-corrected chi connectivity index (χ0v) is 12.8. The lowest BCUT2D eigenvalue weighted by Crippen LogP contribution is -2.43. The number of nitrogens with zero attached hydrogens (tertiary/aromatic N) is 1. The fraction of sp³-hybridized carbons (Fsp3) is 0.611. The van der Waals surface area contributed by atoms with Crippen LogP contribution in [-0.4, -0.2) is 23.7 Å². The monoisotopic (exact) mass is 287 g/mol. The molecule has 0 spiro atoms. The molecule has 0 radical (unpaired) electrons. The summed E-state index contributed by atoms with van der Waals surface area (Å²) in [5.74, 6) is -0.173. The SMILES string of the molecule is CCC1CCCC(N2CCC(C(=O)O)c3ccccc32)C1. The first kappa shape index (κ1) is 14.4. The highest BCUT2D eigenvalue weighted by atomic mass is 16.4. The molecule has 1 aliphatic heterocycles. The Bertz CT molecular complexity index is 514. The topological polar surface area (TPSA) is 40.5 Å². The van der Waals surface area contributed by atoms with Crippen LogP contribution in [0.5, 0.6) is 0 Å². The van der Waals surface area contributed by atoms with Gasteiger partial charge in [-0.2, -0.15) is 0 Å². The molecule has 1 aliphatic carbocycles. The maximum atomic E-state index is 11.5. The van der Waals surface area contributed by atoms with Crippen LogP contribution in [0, 0.1) is 5.92 Å². The molecule has 3 nitrogen and oxygen atoms in total. The maximum Gasteiger partial charge on any atom is 0.311 e. The Morgan fingerprint density at radius 2 is 2.10 bits per heavy atom. The van der Waals surface area contributed by atoms with Gasteiger partial charge in [0.1, 0.15) is 0 Å². The Balaban J connectivity index is 1.87. The predicted octanol–water partition coefficient (Wildman–Crippen LogP) is 4.03. The van der Waals surface area contributed by atoms with Gasteiger partial charge in [-0.1, -0.05) is 44.4 Å². The van der Waals surface area contributed by atoms with Crippen LogP contribution in [0.2, 0.25) is 0 Å². The van der Waals surface area contributed by atoms with Crippen LogP contribution < -0.4 is 4.90 Å². The number of benzene rings is 1. The number of aliphatic carboxylic acids is 1. The smallest absolute Gasteiger partial charge is 0.311 e. The Kier molecular flexibility index (Phi) is 4.18. The first-order chi connectivity index (χ1) is 10.2. The van der Waals surface area contributed by atoms with Crippen LogP contribution >= 0.6 is 0 Å². The van der Waals surface area contributed by atoms with E-state index in [9.17, 15) is 9.90 Å². The number of hydrogen-bond acceptors (Lipinski definition) is 2. The molecule has 0 saturated heterocycles. The number of carbonyl (C=O) groups is 1. The number of hydrogen-bond donors (Lipinski definition) is 1. The van der Waals surface area contributed by atoms with Crippen molar-refractivity contribution in [3.8, 4) is 0 Å². The van der Waals surface area contributed by atoms with E-state index < -0.39 is 5.97 Å². The van der Waals surface area contributed by atoms with Gasteiger partial charge in [-0.25, -0.2) is 0 Å². The molecule has 1 fully saturated rings. The molecule has 3 heteroatoms. The minimum absolute atomic E-state index is 0.331. The molecule has 0 bridgehead atoms. The summed E-state index contributed by atoms with van der Waals surface area (Å²) in [5, 5.41) is 9.44. The van der Waals surface area contributed by atoms with Crippen molar-refractivity contribution < 1.29 is 9.90 Å². The van der Waals surface area contributed by atoms with Crippen molar-refractivity contribution in [1.29, 1.82) is 0 Å². The molecule has 1 aromatic rings. The van der Waals surface area contributed by atoms with Gasteiger partial charge in [0.25, 0.3) is 0 Å². The Morgan fingerprint density at radius 1 is 1.29 bits per heavy atom. The van der Waals surface area contributed by atoms with E-state index in [1.807, 2.05) is 18.2 Å². The van der Waals surface area contributed by atoms with E-state index in [0.717, 1.165) is 30.1 Å². The van der Waals surface area contributed by atoms with E-state index >= 15 is 0 Å². The number of para-hydroxylation sites is 1. The molecule has 0 amide bonds. The highest BCUT2D eigenvalue weighted by molar-refractivity contribution is 5.80. The molecule has 3 rings (SSSR count). The van der Waals surface area contributed by atoms with Gasteiger partial charge in [-0.15, -0.1) is 0 Å². The molecule has 3 atom stereocenters. The summed E-state index contributed by atoms with van der Waals surface area (Å²) >= 11 is 0. The molecule has 0 aromatic heterocycles. The van der Waals surface area contributed by atoms with Gasteiger partial charge in [-0.05, 0) is 36.8 Å². The van der Waals surface area contributed by atoms with Gasteiger partial charge < -0.3 is 10.0 Å². The molecular formula is C18H25NO2. The van der Waals surface area contributed by atoms with Gasteiger partial charge in [0.05, 0.1) is 5.92 Å². The quantitative estimate of drug-likeness (QED) is 0.912. The van der Waals surface area contributed by atoms with E-state index in [1.165, 1.54) is 32.1 Å². The number of fused-ring (bicyclic) bond motifs is 1. The van der Waals surface area contributed by atoms with Gasteiger partial charge >= 0.3 is 5.97 Å². The second-order valence-corrected chi connectivity index (χ2v) is 6.53. The largest absolute Gasteiger partial charge is 0.481 e. The van der Waals surface area contributed by atoms with Crippen LogP contribution in [0.4, 0.5) is 5.69 Å². The van der Waals surface area contributed by atoms with Crippen molar-refractivity contribution >= 4 is 11.7 Å². The summed E-state index contributed by atoms with van der Waals surface area (Å²) in [6.45, 7) is 3.17. The normalized spacial score (nSPS) is 29.0. The van der Waals surface area contributed by atoms with Crippen molar-refractivity contribution in [1.82, 2.24) is 0 Å². The second-order valence-electron chi connectivity index (χ2n) is 6.53. The summed E-state index contributed by atoms with van der Waals surface area (Å²) in [4.78, 5) is 14.0. The average molecular weight is 287 g/mol. The zero-order chi connectivity index (χ0) is 14.8. The number of carboxylic acid groups (broad SMARTS) is 1. The molecule has 1 heterocycles. The summed E-state index contributed by atoms with van der Waals surface area (Å²) in [6, 6.07) is 8.71. The van der Waals surface area contributed by atoms with Crippen molar-refractivity contribution in [2.24, 2.45) is 5.92 Å². The lowest BCUT2D eigenvalue weighted by atomic mass is 9.81. The van der Waals surface area contributed by atoms with Crippen LogP contribution in [0.3, 0.4) is 0 Å². The second kappa shape index (κ2) is 6.08. The Labute approximate surface area is 127 Å². The van der Waals surface area contributed by atoms with Gasteiger partial charge in [-0.3, -0.25) is 4.79 Å². The Morgan fingerprint density at radius 3 is 2.86 bits per heavy atom. The first-order valence-electron chi connectivity index (χ1n) is 8.29. The molecule has 21 heavy (non-hydrogen) atoms. The Hall–Kier alpha value is -1.51. The molecule has 1 aromatic carbocycles. The van der Waals surface area contributed by atoms with Crippen molar-refractivity contribution in [3.05, 3.63) is 29.8 Å². The minimum Gasteiger partial charge on any atom is -0.481 e. The summed E-state index contributed by atoms with van der Waals surface area (Å²) in [7, 11) is 0. The summed E-state index contributed by atoms with van der Waals surface area (Å²) in [6.07, 6.45) is 7.19. The number of rotatable bonds is 3. The zero-order valence-electron chi connectivity index (χ0n) is 12.8. The lowest BCUT2D eigenvalue weighted by Gasteiger charge is -2.43. The van der Waals surface area contributed by atoms with Crippen LogP contribution in [-0.2, 0) is 4.79 Å². The van der Waals surface area contributed by atoms with Crippen molar-refractivity contribution in [3.63, 3.8) is 0 Å². The van der Waals surface area contributed by atoms with E-state index in [4.69, 9.17) is 0 Å². The van der Waals surface area contributed by atoms with Crippen LogP contribution in [0.1, 0.15) is 56.9 Å². The third kappa shape index (κ3) is 2.78. The third-order valence-corrected chi connectivity index (χ3v) is 5.35. The molecule has 3 unspecified atom stereocenters. The lowest BCUT2D eigenvalue weighted by molar-refractivity contribution is -0.139. The highest BCUT2D eigenvalue weighted by Gasteiger charge is 2.34. The van der Waals surface area contributed by atoms with Crippen molar-refractivity contribution in [2.45, 2.75) is 57.4 Å². The molecule has 114 valence electrons. The molecular weight excluding hydrogens is 262 g/mol. The first-order valence-corrected chi connectivity index (χ1v) is 8.29. The number of anilines is 1. The maximum absolute atomic E-state index is 11.5. The summed E-state index contributed by atoms with van der Waals surface area (Å²) in [5.41, 5.74) is 2.17. The van der Waals surface area contributed by atoms with E-state index in [0.29, 0.717) is 6.04 Å². The highest BCUT2D eigenvalue weighted by Crippen LogP contribution is 2.40. The minimum atomic E-state index is -0.683. The fourth-order valence-corrected chi connectivity index (χ4v) is 4.14. The van der Waals surface area contributed by atoms with E-state index in [1.54, 1.807) is 0 Å². The van der Waals surface area contributed by atoms with Crippen molar-refractivity contribution in [2.75, 3.05) is 11.4 Å². The van der Waals surface area contributed by atoms with E-state index in [-0.39, 0.29) is 5.92 Å². The fourth-order valence-electron chi connectivity index (χ4n) is 4.14. The van der Waals surface area contributed by atoms with Crippen LogP contribution in [0.15, 0.2) is 24.3 Å². The molecule has 2 aliphatic rings. The molecule has 1 saturated carbocycles. The number of carboxylic acids is 1. The van der Waals surface area contributed by atoms with Gasteiger partial charge in [0.15, 0.2) is 0 Å². The predicted molar refractivity (Wildman–Crippen MR) is 84.8 cm³/mol. The van der Waals surface area contributed by atoms with Gasteiger partial charge in [0, 0.05) is 18.3 Å². The molecule has 1 N–H and O–H groups in total. The standard InChI is InChI=1S/C18H25NO2/c1-2-13-6-5-7-14(12-13)19-11-10-16(18(20)21)15-8-3-4-9-17(15)19/h3-4,8-9,13-14,16H,2,5-7,10-12H2,1H3,(H,20,21). The van der Waals surface area contributed by atoms with Crippen LogP contribution in [0.25, 0.3) is 0 Å². The van der Waals surface area contributed by atoms with Gasteiger partial charge in [0.2, 0.25) is 0 Å².